The van der Waals surface area contributed by atoms with Crippen LogP contribution < -0.4 is 20.5 Å². The molecular weight excluding hydrogens is 380 g/mol. The van der Waals surface area contributed by atoms with Gasteiger partial charge in [0.15, 0.2) is 0 Å². The standard InChI is InChI=1S/C22H24N6O2/c1-15(7-8-23)27-22-19-9-17(3-5-20(19)25-14-26-22)30-21-6-4-18(10-24-21)29-13-16-11-28(2)12-16/h3-10,14,16H,1,11-13,23H2,2H3,(H,25,26,27)/b8-7-. The van der Waals surface area contributed by atoms with E-state index < -0.39 is 0 Å². The smallest absolute Gasteiger partial charge is 0.219 e. The third kappa shape index (κ3) is 4.66. The summed E-state index contributed by atoms with van der Waals surface area (Å²) in [6.45, 7) is 6.75. The highest BCUT2D eigenvalue weighted by molar-refractivity contribution is 5.90. The maximum Gasteiger partial charge on any atom is 0.219 e. The second-order valence-corrected chi connectivity index (χ2v) is 7.24. The lowest BCUT2D eigenvalue weighted by Crippen LogP contribution is -2.46. The Balaban J connectivity index is 1.44. The molecule has 3 aromatic rings. The van der Waals surface area contributed by atoms with Crippen molar-refractivity contribution in [2.75, 3.05) is 32.1 Å². The molecule has 3 N–H and O–H groups in total. The zero-order valence-corrected chi connectivity index (χ0v) is 16.8. The van der Waals surface area contributed by atoms with Crippen LogP contribution in [0.2, 0.25) is 0 Å². The number of fused-ring (bicyclic) bond motifs is 1. The van der Waals surface area contributed by atoms with Gasteiger partial charge in [-0.25, -0.2) is 15.0 Å². The number of allylic oxidation sites excluding steroid dienone is 1. The number of nitrogens with one attached hydrogen (secondary N) is 1. The van der Waals surface area contributed by atoms with Gasteiger partial charge in [0.25, 0.3) is 0 Å². The van der Waals surface area contributed by atoms with Gasteiger partial charge in [-0.1, -0.05) is 6.58 Å². The number of nitrogens with two attached hydrogens (primary N) is 1. The number of hydrogen-bond donors (Lipinski definition) is 2. The van der Waals surface area contributed by atoms with Crippen LogP contribution in [0, 0.1) is 5.92 Å². The van der Waals surface area contributed by atoms with Crippen LogP contribution in [0.25, 0.3) is 10.9 Å². The van der Waals surface area contributed by atoms with Crippen LogP contribution in [0.15, 0.2) is 67.4 Å². The first-order chi connectivity index (χ1) is 14.6. The van der Waals surface area contributed by atoms with Crippen molar-refractivity contribution in [2.24, 2.45) is 11.7 Å². The van der Waals surface area contributed by atoms with E-state index in [1.165, 1.54) is 12.5 Å². The predicted octanol–water partition coefficient (Wildman–Crippen LogP) is 3.16. The van der Waals surface area contributed by atoms with Gasteiger partial charge in [0.1, 0.15) is 23.6 Å². The van der Waals surface area contributed by atoms with E-state index in [2.05, 4.69) is 38.8 Å². The molecule has 0 aliphatic carbocycles. The van der Waals surface area contributed by atoms with E-state index in [4.69, 9.17) is 15.2 Å². The van der Waals surface area contributed by atoms with Crippen molar-refractivity contribution < 1.29 is 9.47 Å². The fourth-order valence-corrected chi connectivity index (χ4v) is 3.29. The average Bonchev–Trinajstić information content (AvgIpc) is 2.72. The summed E-state index contributed by atoms with van der Waals surface area (Å²) in [5.41, 5.74) is 6.81. The molecule has 0 atom stereocenters. The first-order valence-corrected chi connectivity index (χ1v) is 9.65. The molecule has 3 heterocycles. The average molecular weight is 404 g/mol. The van der Waals surface area contributed by atoms with Gasteiger partial charge in [0.05, 0.1) is 18.3 Å². The number of pyridine rings is 1. The molecule has 154 valence electrons. The topological polar surface area (TPSA) is 98.4 Å². The van der Waals surface area contributed by atoms with Crippen molar-refractivity contribution in [3.8, 4) is 17.4 Å². The molecule has 1 aliphatic heterocycles. The van der Waals surface area contributed by atoms with Crippen LogP contribution in [0.1, 0.15) is 0 Å². The number of anilines is 1. The van der Waals surface area contributed by atoms with Gasteiger partial charge in [-0.3, -0.25) is 0 Å². The fraction of sp³-hybridized carbons (Fsp3) is 0.227. The largest absolute Gasteiger partial charge is 0.492 e. The molecule has 0 saturated carbocycles. The van der Waals surface area contributed by atoms with E-state index >= 15 is 0 Å². The first-order valence-electron chi connectivity index (χ1n) is 9.65. The number of ether oxygens (including phenoxy) is 2. The number of aromatic nitrogens is 3. The minimum absolute atomic E-state index is 0.479. The molecule has 0 unspecified atom stereocenters. The van der Waals surface area contributed by atoms with Crippen LogP contribution in [0.4, 0.5) is 5.82 Å². The van der Waals surface area contributed by atoms with Gasteiger partial charge in [-0.05, 0) is 43.6 Å². The summed E-state index contributed by atoms with van der Waals surface area (Å²) in [7, 11) is 2.11. The molecule has 8 nitrogen and oxygen atoms in total. The first kappa shape index (κ1) is 19.7. The molecule has 2 aromatic heterocycles. The lowest BCUT2D eigenvalue weighted by Gasteiger charge is -2.35. The summed E-state index contributed by atoms with van der Waals surface area (Å²) in [6, 6.07) is 9.22. The highest BCUT2D eigenvalue weighted by Gasteiger charge is 2.23. The van der Waals surface area contributed by atoms with Gasteiger partial charge in [-0.15, -0.1) is 0 Å². The zero-order valence-electron chi connectivity index (χ0n) is 16.8. The van der Waals surface area contributed by atoms with Crippen molar-refractivity contribution >= 4 is 16.7 Å². The Bertz CT molecular complexity index is 1060. The third-order valence-corrected chi connectivity index (χ3v) is 4.74. The van der Waals surface area contributed by atoms with Gasteiger partial charge in [-0.2, -0.15) is 0 Å². The number of hydrogen-bond acceptors (Lipinski definition) is 8. The maximum atomic E-state index is 5.91. The Morgan fingerprint density at radius 3 is 2.80 bits per heavy atom. The van der Waals surface area contributed by atoms with Crippen LogP contribution in [0.5, 0.6) is 17.4 Å². The Kier molecular flexibility index (Phi) is 5.76. The molecule has 0 radical (unpaired) electrons. The van der Waals surface area contributed by atoms with Gasteiger partial charge >= 0.3 is 0 Å². The minimum atomic E-state index is 0.479. The van der Waals surface area contributed by atoms with Crippen LogP contribution in [-0.4, -0.2) is 46.6 Å². The van der Waals surface area contributed by atoms with E-state index in [1.807, 2.05) is 24.3 Å². The van der Waals surface area contributed by atoms with E-state index in [1.54, 1.807) is 18.3 Å². The van der Waals surface area contributed by atoms with Gasteiger partial charge in [0.2, 0.25) is 5.88 Å². The Hall–Kier alpha value is -3.65. The molecule has 1 aliphatic rings. The second-order valence-electron chi connectivity index (χ2n) is 7.24. The molecule has 0 bridgehead atoms. The molecule has 8 heteroatoms. The summed E-state index contributed by atoms with van der Waals surface area (Å²) >= 11 is 0. The Morgan fingerprint density at radius 2 is 2.07 bits per heavy atom. The summed E-state index contributed by atoms with van der Waals surface area (Å²) in [4.78, 5) is 15.2. The fourth-order valence-electron chi connectivity index (χ4n) is 3.29. The number of benzene rings is 1. The number of rotatable bonds is 8. The summed E-state index contributed by atoms with van der Waals surface area (Å²) in [5.74, 6) is 3.05. The highest BCUT2D eigenvalue weighted by atomic mass is 16.5. The van der Waals surface area contributed by atoms with Crippen molar-refractivity contribution in [3.05, 3.63) is 67.4 Å². The molecule has 0 amide bonds. The van der Waals surface area contributed by atoms with Crippen molar-refractivity contribution in [1.29, 1.82) is 0 Å². The molecule has 1 saturated heterocycles. The Morgan fingerprint density at radius 1 is 1.23 bits per heavy atom. The predicted molar refractivity (Wildman–Crippen MR) is 116 cm³/mol. The molecule has 1 aromatic carbocycles. The molecule has 4 rings (SSSR count). The number of likely N-dealkylation sites (tertiary alicyclic amines) is 1. The normalized spacial score (nSPS) is 14.6. The van der Waals surface area contributed by atoms with Crippen molar-refractivity contribution in [3.63, 3.8) is 0 Å². The van der Waals surface area contributed by atoms with Gasteiger partial charge < -0.3 is 25.4 Å². The van der Waals surface area contributed by atoms with E-state index in [0.717, 1.165) is 29.7 Å². The van der Waals surface area contributed by atoms with Crippen molar-refractivity contribution in [2.45, 2.75) is 0 Å². The van der Waals surface area contributed by atoms with E-state index in [0.29, 0.717) is 35.7 Å². The molecule has 1 fully saturated rings. The molecular formula is C22H24N6O2. The monoisotopic (exact) mass is 404 g/mol. The number of nitrogens with zero attached hydrogens (tertiary/aromatic N) is 4. The second kappa shape index (κ2) is 8.79. The molecule has 30 heavy (non-hydrogen) atoms. The summed E-state index contributed by atoms with van der Waals surface area (Å²) in [6.07, 6.45) is 6.24. The van der Waals surface area contributed by atoms with Crippen LogP contribution in [0.3, 0.4) is 0 Å². The van der Waals surface area contributed by atoms with Crippen molar-refractivity contribution in [1.82, 2.24) is 19.9 Å². The summed E-state index contributed by atoms with van der Waals surface area (Å²) in [5, 5.41) is 3.91. The van der Waals surface area contributed by atoms with Gasteiger partial charge in [0, 0.05) is 36.2 Å². The van der Waals surface area contributed by atoms with E-state index in [-0.39, 0.29) is 0 Å². The lowest BCUT2D eigenvalue weighted by atomic mass is 10.0. The quantitative estimate of drug-likeness (QED) is 0.553. The van der Waals surface area contributed by atoms with Crippen LogP contribution >= 0.6 is 0 Å². The third-order valence-electron chi connectivity index (χ3n) is 4.74. The Labute approximate surface area is 175 Å². The highest BCUT2D eigenvalue weighted by Crippen LogP contribution is 2.28. The zero-order chi connectivity index (χ0) is 20.9. The minimum Gasteiger partial charge on any atom is -0.492 e. The van der Waals surface area contributed by atoms with E-state index in [9.17, 15) is 0 Å². The van der Waals surface area contributed by atoms with Crippen LogP contribution in [-0.2, 0) is 0 Å². The maximum absolute atomic E-state index is 5.91. The lowest BCUT2D eigenvalue weighted by molar-refractivity contribution is 0.0856. The molecule has 0 spiro atoms. The SMILES string of the molecule is C=C(/C=C\N)Nc1ncnc2ccc(Oc3ccc(OCC4CN(C)C4)cn3)cc12. The summed E-state index contributed by atoms with van der Waals surface area (Å²) < 4.78 is 11.7.